The number of likely N-dealkylation sites (tertiary alicyclic amines) is 1. The first kappa shape index (κ1) is 18.1. The van der Waals surface area contributed by atoms with E-state index in [2.05, 4.69) is 0 Å². The highest BCUT2D eigenvalue weighted by atomic mass is 16.2. The summed E-state index contributed by atoms with van der Waals surface area (Å²) in [5.74, 6) is -0.0234. The maximum absolute atomic E-state index is 12.1. The van der Waals surface area contributed by atoms with Crippen molar-refractivity contribution in [2.75, 3.05) is 13.1 Å². The van der Waals surface area contributed by atoms with Crippen LogP contribution in [0.2, 0.25) is 0 Å². The van der Waals surface area contributed by atoms with Crippen molar-refractivity contribution >= 4 is 11.7 Å². The Balaban J connectivity index is 0.00000154. The van der Waals surface area contributed by atoms with E-state index in [-0.39, 0.29) is 17.7 Å². The lowest BCUT2D eigenvalue weighted by atomic mass is 10.1. The van der Waals surface area contributed by atoms with Crippen LogP contribution in [0.3, 0.4) is 0 Å². The number of nitrogens with two attached hydrogens (primary N) is 2. The molecule has 0 unspecified atom stereocenters. The molecule has 19 heavy (non-hydrogen) atoms. The maximum atomic E-state index is 12.1. The maximum Gasteiger partial charge on any atom is 0.240 e. The molecule has 4 N–H and O–H groups in total. The molecule has 1 fully saturated rings. The van der Waals surface area contributed by atoms with E-state index in [1.165, 1.54) is 6.92 Å². The van der Waals surface area contributed by atoms with Gasteiger partial charge in [0, 0.05) is 6.54 Å². The van der Waals surface area contributed by atoms with E-state index in [1.54, 1.807) is 4.90 Å². The molecule has 0 radical (unpaired) electrons. The van der Waals surface area contributed by atoms with Crippen LogP contribution in [0.1, 0.15) is 52.9 Å². The van der Waals surface area contributed by atoms with Crippen LogP contribution >= 0.6 is 0 Å². The molecule has 2 atom stereocenters. The molecule has 0 aromatic heterocycles. The van der Waals surface area contributed by atoms with Gasteiger partial charge >= 0.3 is 0 Å². The minimum Gasteiger partial charge on any atom is -0.331 e. The van der Waals surface area contributed by atoms with Crippen molar-refractivity contribution < 1.29 is 9.59 Å². The number of hydrogen-bond donors (Lipinski definition) is 2. The Hall–Kier alpha value is -0.940. The van der Waals surface area contributed by atoms with Crippen LogP contribution < -0.4 is 11.5 Å². The Labute approximate surface area is 116 Å². The molecule has 112 valence electrons. The highest BCUT2D eigenvalue weighted by molar-refractivity contribution is 5.90. The van der Waals surface area contributed by atoms with Gasteiger partial charge in [-0.3, -0.25) is 9.59 Å². The van der Waals surface area contributed by atoms with Gasteiger partial charge in [-0.05, 0) is 39.2 Å². The van der Waals surface area contributed by atoms with Gasteiger partial charge in [-0.1, -0.05) is 20.3 Å². The molecule has 1 aliphatic rings. The van der Waals surface area contributed by atoms with E-state index < -0.39 is 6.04 Å². The number of ketones is 1. The number of rotatable bonds is 6. The summed E-state index contributed by atoms with van der Waals surface area (Å²) in [6.07, 6.45) is 4.07. The van der Waals surface area contributed by atoms with Crippen molar-refractivity contribution in [2.45, 2.75) is 65.0 Å². The van der Waals surface area contributed by atoms with Crippen LogP contribution in [0.4, 0.5) is 0 Å². The fraction of sp³-hybridized carbons (Fsp3) is 0.857. The van der Waals surface area contributed by atoms with E-state index in [0.29, 0.717) is 19.5 Å². The fourth-order valence-electron chi connectivity index (χ4n) is 2.30. The summed E-state index contributed by atoms with van der Waals surface area (Å²) in [4.78, 5) is 25.1. The Kier molecular flexibility index (Phi) is 9.43. The second kappa shape index (κ2) is 9.92. The van der Waals surface area contributed by atoms with Gasteiger partial charge in [0.2, 0.25) is 5.91 Å². The Morgan fingerprint density at radius 3 is 2.47 bits per heavy atom. The van der Waals surface area contributed by atoms with Crippen molar-refractivity contribution in [3.05, 3.63) is 0 Å². The molecule has 0 aromatic carbocycles. The number of hydrogen-bond acceptors (Lipinski definition) is 4. The van der Waals surface area contributed by atoms with Crippen molar-refractivity contribution in [3.8, 4) is 0 Å². The van der Waals surface area contributed by atoms with E-state index in [1.807, 2.05) is 13.8 Å². The predicted octanol–water partition coefficient (Wildman–Crippen LogP) is 1.05. The zero-order chi connectivity index (χ0) is 14.8. The average molecular weight is 271 g/mol. The van der Waals surface area contributed by atoms with Crippen LogP contribution in [0.25, 0.3) is 0 Å². The van der Waals surface area contributed by atoms with Crippen molar-refractivity contribution in [1.29, 1.82) is 0 Å². The number of nitrogens with zero attached hydrogens (tertiary/aromatic N) is 1. The van der Waals surface area contributed by atoms with E-state index in [9.17, 15) is 9.59 Å². The molecule has 1 aliphatic heterocycles. The van der Waals surface area contributed by atoms with Crippen molar-refractivity contribution in [2.24, 2.45) is 11.5 Å². The summed E-state index contributed by atoms with van der Waals surface area (Å²) in [5.41, 5.74) is 11.3. The summed E-state index contributed by atoms with van der Waals surface area (Å²) in [6.45, 7) is 6.82. The number of carbonyl (C=O) groups excluding carboxylic acids is 2. The third-order valence-electron chi connectivity index (χ3n) is 3.29. The molecule has 5 heteroatoms. The number of unbranched alkanes of at least 4 members (excludes halogenated alkanes) is 1. The Morgan fingerprint density at radius 1 is 1.32 bits per heavy atom. The first-order valence-corrected chi connectivity index (χ1v) is 7.34. The van der Waals surface area contributed by atoms with Gasteiger partial charge in [0.05, 0.1) is 12.1 Å². The summed E-state index contributed by atoms with van der Waals surface area (Å²) in [7, 11) is 0. The lowest BCUT2D eigenvalue weighted by molar-refractivity contribution is -0.138. The standard InChI is InChI=1S/C12H23N3O2.C2H6/c1-9(16)11-6-4-8-15(11)12(17)10(14)5-2-3-7-13;1-2/h10-11H,2-8,13-14H2,1H3;1-2H3/t10-,11-;/m0./s1. The van der Waals surface area contributed by atoms with Crippen LogP contribution in [-0.2, 0) is 9.59 Å². The predicted molar refractivity (Wildman–Crippen MR) is 77.6 cm³/mol. The van der Waals surface area contributed by atoms with E-state index in [4.69, 9.17) is 11.5 Å². The monoisotopic (exact) mass is 271 g/mol. The second-order valence-electron chi connectivity index (χ2n) is 4.69. The third-order valence-corrected chi connectivity index (χ3v) is 3.29. The number of amides is 1. The Morgan fingerprint density at radius 2 is 1.95 bits per heavy atom. The zero-order valence-corrected chi connectivity index (χ0v) is 12.5. The molecule has 0 spiro atoms. The van der Waals surface area contributed by atoms with E-state index in [0.717, 1.165) is 25.7 Å². The quantitative estimate of drug-likeness (QED) is 0.707. The molecule has 0 aromatic rings. The average Bonchev–Trinajstić information content (AvgIpc) is 2.89. The molecule has 0 saturated carbocycles. The largest absolute Gasteiger partial charge is 0.331 e. The highest BCUT2D eigenvalue weighted by Gasteiger charge is 2.33. The molecule has 0 bridgehead atoms. The van der Waals surface area contributed by atoms with Gasteiger partial charge in [0.15, 0.2) is 5.78 Å². The van der Waals surface area contributed by atoms with Crippen LogP contribution in [-0.4, -0.2) is 41.8 Å². The first-order valence-electron chi connectivity index (χ1n) is 7.34. The summed E-state index contributed by atoms with van der Waals surface area (Å²) >= 11 is 0. The molecule has 1 amide bonds. The number of carbonyl (C=O) groups is 2. The van der Waals surface area contributed by atoms with Gasteiger partial charge < -0.3 is 16.4 Å². The first-order chi connectivity index (χ1) is 9.07. The van der Waals surface area contributed by atoms with E-state index >= 15 is 0 Å². The van der Waals surface area contributed by atoms with Gasteiger partial charge in [-0.2, -0.15) is 0 Å². The summed E-state index contributed by atoms with van der Waals surface area (Å²) in [5, 5.41) is 0. The zero-order valence-electron chi connectivity index (χ0n) is 12.5. The topological polar surface area (TPSA) is 89.4 Å². The van der Waals surface area contributed by atoms with Gasteiger partial charge in [0.1, 0.15) is 0 Å². The number of Topliss-reactive ketones (excluding diaryl/α,β-unsaturated/α-hetero) is 1. The van der Waals surface area contributed by atoms with Crippen molar-refractivity contribution in [3.63, 3.8) is 0 Å². The molecule has 1 rings (SSSR count). The third kappa shape index (κ3) is 5.70. The molecule has 1 saturated heterocycles. The lowest BCUT2D eigenvalue weighted by Crippen LogP contribution is -2.48. The normalized spacial score (nSPS) is 19.6. The summed E-state index contributed by atoms with van der Waals surface area (Å²) in [6, 6.07) is -0.732. The lowest BCUT2D eigenvalue weighted by Gasteiger charge is -2.25. The molecular weight excluding hydrogens is 242 g/mol. The SMILES string of the molecule is CC.CC(=O)[C@@H]1CCCN1C(=O)[C@@H](N)CCCCN. The molecule has 1 heterocycles. The minimum atomic E-state index is -0.485. The van der Waals surface area contributed by atoms with Crippen molar-refractivity contribution in [1.82, 2.24) is 4.90 Å². The van der Waals surface area contributed by atoms with Crippen LogP contribution in [0.15, 0.2) is 0 Å². The summed E-state index contributed by atoms with van der Waals surface area (Å²) < 4.78 is 0. The highest BCUT2D eigenvalue weighted by Crippen LogP contribution is 2.19. The fourth-order valence-corrected chi connectivity index (χ4v) is 2.30. The molecule has 5 nitrogen and oxygen atoms in total. The minimum absolute atomic E-state index is 0.0602. The second-order valence-corrected chi connectivity index (χ2v) is 4.69. The smallest absolute Gasteiger partial charge is 0.240 e. The van der Waals surface area contributed by atoms with Gasteiger partial charge in [-0.15, -0.1) is 0 Å². The van der Waals surface area contributed by atoms with Gasteiger partial charge in [0.25, 0.3) is 0 Å². The molecular formula is C14H29N3O2. The Bertz CT molecular complexity index is 282. The molecule has 0 aliphatic carbocycles. The van der Waals surface area contributed by atoms with Crippen LogP contribution in [0, 0.1) is 0 Å². The van der Waals surface area contributed by atoms with Crippen LogP contribution in [0.5, 0.6) is 0 Å². The van der Waals surface area contributed by atoms with Gasteiger partial charge in [-0.25, -0.2) is 0 Å².